The minimum Gasteiger partial charge on any atom is -0.505 e. The van der Waals surface area contributed by atoms with Gasteiger partial charge in [-0.15, -0.1) is 0 Å². The molecular formula is C22H27Cl2N3O4S. The molecule has 0 saturated carbocycles. The SMILES string of the molecule is CN(C)CCN(Cc1ccccc1)C(=O)C1CCCN1S(=O)(=O)c1cc(Cl)cc(Cl)c1O. The Balaban J connectivity index is 1.91. The average molecular weight is 500 g/mol. The largest absolute Gasteiger partial charge is 0.505 e. The molecule has 7 nitrogen and oxygen atoms in total. The lowest BCUT2D eigenvalue weighted by atomic mass is 10.1. The quantitative estimate of drug-likeness (QED) is 0.601. The van der Waals surface area contributed by atoms with E-state index in [1.807, 2.05) is 49.3 Å². The Morgan fingerprint density at radius 3 is 2.50 bits per heavy atom. The second-order valence-electron chi connectivity index (χ2n) is 8.06. The normalized spacial score (nSPS) is 17.1. The van der Waals surface area contributed by atoms with Gasteiger partial charge in [-0.1, -0.05) is 53.5 Å². The second kappa shape index (κ2) is 10.4. The van der Waals surface area contributed by atoms with Gasteiger partial charge in [0.15, 0.2) is 5.75 Å². The summed E-state index contributed by atoms with van der Waals surface area (Å²) < 4.78 is 27.9. The minimum atomic E-state index is -4.19. The van der Waals surface area contributed by atoms with Crippen LogP contribution in [-0.4, -0.2) is 73.3 Å². The number of phenolic OH excluding ortho intramolecular Hbond substituents is 1. The van der Waals surface area contributed by atoms with Gasteiger partial charge >= 0.3 is 0 Å². The Morgan fingerprint density at radius 1 is 1.16 bits per heavy atom. The number of halogens is 2. The first-order valence-electron chi connectivity index (χ1n) is 10.3. The van der Waals surface area contributed by atoms with Crippen molar-refractivity contribution in [2.75, 3.05) is 33.7 Å². The molecule has 1 saturated heterocycles. The maximum Gasteiger partial charge on any atom is 0.247 e. The maximum absolute atomic E-state index is 13.6. The molecule has 3 rings (SSSR count). The zero-order valence-corrected chi connectivity index (χ0v) is 20.4. The molecule has 174 valence electrons. The van der Waals surface area contributed by atoms with E-state index >= 15 is 0 Å². The van der Waals surface area contributed by atoms with Crippen molar-refractivity contribution in [1.82, 2.24) is 14.1 Å². The lowest BCUT2D eigenvalue weighted by molar-refractivity contribution is -0.135. The second-order valence-corrected chi connectivity index (χ2v) is 10.8. The Morgan fingerprint density at radius 2 is 1.84 bits per heavy atom. The first-order chi connectivity index (χ1) is 15.1. The standard InChI is InChI=1S/C22H27Cl2N3O4S/c1-25(2)11-12-26(15-16-7-4-3-5-8-16)22(29)19-9-6-10-27(19)32(30,31)20-14-17(23)13-18(24)21(20)28/h3-5,7-8,13-14,19,28H,6,9-12,15H2,1-2H3. The molecule has 1 fully saturated rings. The molecule has 0 aromatic heterocycles. The Kier molecular flexibility index (Phi) is 8.06. The van der Waals surface area contributed by atoms with Gasteiger partial charge in [-0.05, 0) is 44.6 Å². The zero-order valence-electron chi connectivity index (χ0n) is 18.0. The summed E-state index contributed by atoms with van der Waals surface area (Å²) >= 11 is 11.9. The molecule has 1 atom stereocenters. The van der Waals surface area contributed by atoms with E-state index in [2.05, 4.69) is 0 Å². The van der Waals surface area contributed by atoms with E-state index in [0.29, 0.717) is 32.5 Å². The van der Waals surface area contributed by atoms with Gasteiger partial charge in [-0.25, -0.2) is 8.42 Å². The van der Waals surface area contributed by atoms with Gasteiger partial charge in [-0.2, -0.15) is 4.31 Å². The molecule has 1 heterocycles. The lowest BCUT2D eigenvalue weighted by Crippen LogP contribution is -2.48. The summed E-state index contributed by atoms with van der Waals surface area (Å²) in [6.45, 7) is 1.66. The van der Waals surface area contributed by atoms with Crippen molar-refractivity contribution >= 4 is 39.1 Å². The Hall–Kier alpha value is -1.84. The summed E-state index contributed by atoms with van der Waals surface area (Å²) in [5.74, 6) is -0.827. The smallest absolute Gasteiger partial charge is 0.247 e. The van der Waals surface area contributed by atoms with Crippen LogP contribution in [0, 0.1) is 0 Å². The molecule has 32 heavy (non-hydrogen) atoms. The van der Waals surface area contributed by atoms with Crippen molar-refractivity contribution in [2.24, 2.45) is 0 Å². The van der Waals surface area contributed by atoms with Crippen LogP contribution in [-0.2, 0) is 21.4 Å². The van der Waals surface area contributed by atoms with Gasteiger partial charge in [-0.3, -0.25) is 4.79 Å². The summed E-state index contributed by atoms with van der Waals surface area (Å²) in [6.07, 6.45) is 0.942. The van der Waals surface area contributed by atoms with Crippen LogP contribution >= 0.6 is 23.2 Å². The highest BCUT2D eigenvalue weighted by Crippen LogP contribution is 2.38. The van der Waals surface area contributed by atoms with Crippen LogP contribution in [0.1, 0.15) is 18.4 Å². The van der Waals surface area contributed by atoms with Crippen LogP contribution in [0.2, 0.25) is 10.0 Å². The molecule has 1 aliphatic rings. The summed E-state index contributed by atoms with van der Waals surface area (Å²) in [5.41, 5.74) is 0.964. The van der Waals surface area contributed by atoms with Gasteiger partial charge in [0.25, 0.3) is 0 Å². The van der Waals surface area contributed by atoms with Gasteiger partial charge in [0, 0.05) is 31.2 Å². The number of nitrogens with zero attached hydrogens (tertiary/aromatic N) is 3. The molecule has 1 N–H and O–H groups in total. The van der Waals surface area contributed by atoms with E-state index in [1.165, 1.54) is 6.07 Å². The third-order valence-electron chi connectivity index (χ3n) is 5.41. The van der Waals surface area contributed by atoms with Gasteiger partial charge in [0.05, 0.1) is 5.02 Å². The van der Waals surface area contributed by atoms with Crippen LogP contribution < -0.4 is 0 Å². The molecule has 2 aromatic carbocycles. The fourth-order valence-corrected chi connectivity index (χ4v) is 6.14. The van der Waals surface area contributed by atoms with Crippen molar-refractivity contribution < 1.29 is 18.3 Å². The summed E-state index contributed by atoms with van der Waals surface area (Å²) in [4.78, 5) is 16.8. The van der Waals surface area contributed by atoms with E-state index in [0.717, 1.165) is 15.9 Å². The van der Waals surface area contributed by atoms with E-state index in [-0.39, 0.29) is 22.5 Å². The van der Waals surface area contributed by atoms with E-state index in [1.54, 1.807) is 4.90 Å². The van der Waals surface area contributed by atoms with Crippen molar-refractivity contribution in [3.8, 4) is 5.75 Å². The van der Waals surface area contributed by atoms with Crippen LogP contribution in [0.3, 0.4) is 0 Å². The number of phenols is 1. The lowest BCUT2D eigenvalue weighted by Gasteiger charge is -2.31. The van der Waals surface area contributed by atoms with Gasteiger partial charge in [0.2, 0.25) is 15.9 Å². The predicted molar refractivity (Wildman–Crippen MR) is 125 cm³/mol. The van der Waals surface area contributed by atoms with Crippen molar-refractivity contribution in [1.29, 1.82) is 0 Å². The number of aromatic hydroxyl groups is 1. The number of amides is 1. The van der Waals surface area contributed by atoms with Crippen LogP contribution in [0.25, 0.3) is 0 Å². The third kappa shape index (κ3) is 5.55. The number of sulfonamides is 1. The number of hydrogen-bond acceptors (Lipinski definition) is 5. The number of rotatable bonds is 8. The van der Waals surface area contributed by atoms with E-state index in [4.69, 9.17) is 23.2 Å². The summed E-state index contributed by atoms with van der Waals surface area (Å²) in [5, 5.41) is 10.2. The molecule has 1 amide bonds. The number of benzene rings is 2. The molecule has 0 bridgehead atoms. The highest BCUT2D eigenvalue weighted by Gasteiger charge is 2.42. The number of likely N-dealkylation sites (N-methyl/N-ethyl adjacent to an activating group) is 1. The Bertz CT molecular complexity index is 1060. The monoisotopic (exact) mass is 499 g/mol. The highest BCUT2D eigenvalue weighted by atomic mass is 35.5. The van der Waals surface area contributed by atoms with Crippen LogP contribution in [0.5, 0.6) is 5.75 Å². The molecule has 1 unspecified atom stereocenters. The first kappa shape index (κ1) is 24.8. The molecule has 0 spiro atoms. The van der Waals surface area contributed by atoms with Crippen molar-refractivity contribution in [2.45, 2.75) is 30.3 Å². The predicted octanol–water partition coefficient (Wildman–Crippen LogP) is 3.44. The Labute approximate surface area is 199 Å². The topological polar surface area (TPSA) is 81.2 Å². The van der Waals surface area contributed by atoms with E-state index < -0.39 is 26.7 Å². The maximum atomic E-state index is 13.6. The molecule has 2 aromatic rings. The van der Waals surface area contributed by atoms with E-state index in [9.17, 15) is 18.3 Å². The summed E-state index contributed by atoms with van der Waals surface area (Å²) in [6, 6.07) is 11.2. The number of carbonyl (C=O) groups is 1. The number of carbonyl (C=O) groups excluding carboxylic acids is 1. The van der Waals surface area contributed by atoms with Crippen molar-refractivity contribution in [3.63, 3.8) is 0 Å². The molecule has 0 radical (unpaired) electrons. The fourth-order valence-electron chi connectivity index (χ4n) is 3.74. The van der Waals surface area contributed by atoms with Crippen LogP contribution in [0.15, 0.2) is 47.4 Å². The summed E-state index contributed by atoms with van der Waals surface area (Å²) in [7, 11) is -0.350. The fraction of sp³-hybridized carbons (Fsp3) is 0.409. The number of hydrogen-bond donors (Lipinski definition) is 1. The van der Waals surface area contributed by atoms with Gasteiger partial charge < -0.3 is 14.9 Å². The molecule has 1 aliphatic heterocycles. The van der Waals surface area contributed by atoms with Crippen LogP contribution in [0.4, 0.5) is 0 Å². The molecule has 0 aliphatic carbocycles. The molecular weight excluding hydrogens is 473 g/mol. The zero-order chi connectivity index (χ0) is 23.5. The van der Waals surface area contributed by atoms with Gasteiger partial charge in [0.1, 0.15) is 10.9 Å². The third-order valence-corrected chi connectivity index (χ3v) is 7.84. The van der Waals surface area contributed by atoms with Crippen molar-refractivity contribution in [3.05, 3.63) is 58.1 Å². The first-order valence-corrected chi connectivity index (χ1v) is 12.5. The molecule has 10 heteroatoms. The average Bonchev–Trinajstić information content (AvgIpc) is 3.24. The highest BCUT2D eigenvalue weighted by molar-refractivity contribution is 7.89. The minimum absolute atomic E-state index is 0.0881.